The Morgan fingerprint density at radius 3 is 3.05 bits per heavy atom. The molecule has 1 aromatic carbocycles. The molecule has 2 heterocycles. The van der Waals surface area contributed by atoms with Gasteiger partial charge in [0.05, 0.1) is 11.8 Å². The van der Waals surface area contributed by atoms with Crippen LogP contribution in [0.2, 0.25) is 0 Å². The van der Waals surface area contributed by atoms with Gasteiger partial charge in [-0.2, -0.15) is 5.10 Å². The molecule has 0 saturated heterocycles. The molecule has 19 heavy (non-hydrogen) atoms. The zero-order chi connectivity index (χ0) is 13.2. The standard InChI is InChI=1S/C14H16N4O/c1-9-13(8-16-18-9)14(19)17-12-3-2-10-4-5-15-7-11(10)6-12/h2-3,6,8,15H,4-5,7H2,1H3,(H,16,18)(H,17,19). The largest absolute Gasteiger partial charge is 0.322 e. The summed E-state index contributed by atoms with van der Waals surface area (Å²) < 4.78 is 0. The Labute approximate surface area is 111 Å². The highest BCUT2D eigenvalue weighted by Crippen LogP contribution is 2.19. The lowest BCUT2D eigenvalue weighted by atomic mass is 10.0. The first-order valence-corrected chi connectivity index (χ1v) is 6.38. The number of aromatic nitrogens is 2. The number of hydrogen-bond donors (Lipinski definition) is 3. The number of anilines is 1. The number of nitrogens with one attached hydrogen (secondary N) is 3. The number of H-pyrrole nitrogens is 1. The Bertz CT molecular complexity index is 618. The van der Waals surface area contributed by atoms with Crippen LogP contribution in [0.1, 0.15) is 27.2 Å². The molecule has 5 heteroatoms. The van der Waals surface area contributed by atoms with Crippen LogP contribution in [0, 0.1) is 6.92 Å². The van der Waals surface area contributed by atoms with Crippen molar-refractivity contribution in [2.45, 2.75) is 19.9 Å². The maximum absolute atomic E-state index is 12.1. The molecule has 1 aromatic heterocycles. The van der Waals surface area contributed by atoms with Crippen molar-refractivity contribution in [1.29, 1.82) is 0 Å². The van der Waals surface area contributed by atoms with Gasteiger partial charge in [-0.3, -0.25) is 9.89 Å². The van der Waals surface area contributed by atoms with Crippen LogP contribution < -0.4 is 10.6 Å². The molecular formula is C14H16N4O. The average molecular weight is 256 g/mol. The first-order valence-electron chi connectivity index (χ1n) is 6.38. The van der Waals surface area contributed by atoms with Crippen molar-refractivity contribution in [2.24, 2.45) is 0 Å². The second-order valence-corrected chi connectivity index (χ2v) is 4.77. The molecule has 0 spiro atoms. The molecule has 0 saturated carbocycles. The smallest absolute Gasteiger partial charge is 0.259 e. The maximum atomic E-state index is 12.1. The summed E-state index contributed by atoms with van der Waals surface area (Å²) in [4.78, 5) is 12.1. The SMILES string of the molecule is Cc1[nH]ncc1C(=O)Nc1ccc2c(c1)CNCC2. The lowest BCUT2D eigenvalue weighted by molar-refractivity contribution is 0.102. The first kappa shape index (κ1) is 11.9. The quantitative estimate of drug-likeness (QED) is 0.764. The number of benzene rings is 1. The second-order valence-electron chi connectivity index (χ2n) is 4.77. The molecule has 0 bridgehead atoms. The van der Waals surface area contributed by atoms with Crippen LogP contribution in [0.25, 0.3) is 0 Å². The Balaban J connectivity index is 1.80. The number of hydrogen-bond acceptors (Lipinski definition) is 3. The van der Waals surface area contributed by atoms with Crippen molar-refractivity contribution in [1.82, 2.24) is 15.5 Å². The van der Waals surface area contributed by atoms with Gasteiger partial charge in [0.2, 0.25) is 0 Å². The molecule has 5 nitrogen and oxygen atoms in total. The lowest BCUT2D eigenvalue weighted by Gasteiger charge is -2.18. The third-order valence-corrected chi connectivity index (χ3v) is 3.43. The Morgan fingerprint density at radius 1 is 1.37 bits per heavy atom. The third-order valence-electron chi connectivity index (χ3n) is 3.43. The van der Waals surface area contributed by atoms with E-state index in [0.29, 0.717) is 5.56 Å². The minimum Gasteiger partial charge on any atom is -0.322 e. The van der Waals surface area contributed by atoms with Crippen LogP contribution >= 0.6 is 0 Å². The van der Waals surface area contributed by atoms with Gasteiger partial charge in [0.1, 0.15) is 0 Å². The van der Waals surface area contributed by atoms with Crippen LogP contribution in [-0.4, -0.2) is 22.6 Å². The van der Waals surface area contributed by atoms with Gasteiger partial charge in [-0.1, -0.05) is 6.07 Å². The predicted octanol–water partition coefficient (Wildman–Crippen LogP) is 1.62. The van der Waals surface area contributed by atoms with Gasteiger partial charge in [0.25, 0.3) is 5.91 Å². The number of fused-ring (bicyclic) bond motifs is 1. The van der Waals surface area contributed by atoms with E-state index in [1.807, 2.05) is 19.1 Å². The van der Waals surface area contributed by atoms with E-state index < -0.39 is 0 Å². The predicted molar refractivity (Wildman–Crippen MR) is 73.1 cm³/mol. The van der Waals surface area contributed by atoms with E-state index in [2.05, 4.69) is 26.9 Å². The average Bonchev–Trinajstić information content (AvgIpc) is 2.85. The minimum absolute atomic E-state index is 0.130. The second kappa shape index (κ2) is 4.85. The summed E-state index contributed by atoms with van der Waals surface area (Å²) >= 11 is 0. The molecule has 1 aliphatic heterocycles. The zero-order valence-electron chi connectivity index (χ0n) is 10.8. The number of rotatable bonds is 2. The first-order chi connectivity index (χ1) is 9.24. The highest BCUT2D eigenvalue weighted by atomic mass is 16.1. The molecule has 3 N–H and O–H groups in total. The van der Waals surface area contributed by atoms with E-state index in [0.717, 1.165) is 30.9 Å². The van der Waals surface area contributed by atoms with E-state index >= 15 is 0 Å². The fraction of sp³-hybridized carbons (Fsp3) is 0.286. The Hall–Kier alpha value is -2.14. The summed E-state index contributed by atoms with van der Waals surface area (Å²) in [5.74, 6) is -0.130. The van der Waals surface area contributed by atoms with E-state index in [1.165, 1.54) is 11.1 Å². The summed E-state index contributed by atoms with van der Waals surface area (Å²) in [5.41, 5.74) is 4.80. The van der Waals surface area contributed by atoms with Gasteiger partial charge in [-0.15, -0.1) is 0 Å². The monoisotopic (exact) mass is 256 g/mol. The number of carbonyl (C=O) groups is 1. The molecule has 0 fully saturated rings. The van der Waals surface area contributed by atoms with Gasteiger partial charge in [0.15, 0.2) is 0 Å². The molecule has 0 aliphatic carbocycles. The lowest BCUT2D eigenvalue weighted by Crippen LogP contribution is -2.23. The summed E-state index contributed by atoms with van der Waals surface area (Å²) in [7, 11) is 0. The number of carbonyl (C=O) groups excluding carboxylic acids is 1. The van der Waals surface area contributed by atoms with Gasteiger partial charge in [-0.05, 0) is 43.1 Å². The van der Waals surface area contributed by atoms with Crippen molar-refractivity contribution in [3.8, 4) is 0 Å². The van der Waals surface area contributed by atoms with Gasteiger partial charge >= 0.3 is 0 Å². The number of aryl methyl sites for hydroxylation is 1. The molecule has 3 rings (SSSR count). The Kier molecular flexibility index (Phi) is 3.05. The van der Waals surface area contributed by atoms with Gasteiger partial charge in [0, 0.05) is 17.9 Å². The molecular weight excluding hydrogens is 240 g/mol. The van der Waals surface area contributed by atoms with Crippen LogP contribution in [-0.2, 0) is 13.0 Å². The van der Waals surface area contributed by atoms with E-state index in [1.54, 1.807) is 6.20 Å². The van der Waals surface area contributed by atoms with Crippen LogP contribution in [0.4, 0.5) is 5.69 Å². The molecule has 0 unspecified atom stereocenters. The number of amides is 1. The molecule has 1 aliphatic rings. The van der Waals surface area contributed by atoms with Gasteiger partial charge < -0.3 is 10.6 Å². The summed E-state index contributed by atoms with van der Waals surface area (Å²) in [5, 5.41) is 12.9. The normalized spacial score (nSPS) is 13.9. The summed E-state index contributed by atoms with van der Waals surface area (Å²) in [6.07, 6.45) is 2.59. The number of aromatic amines is 1. The molecule has 0 radical (unpaired) electrons. The summed E-state index contributed by atoms with van der Waals surface area (Å²) in [6.45, 7) is 3.72. The summed E-state index contributed by atoms with van der Waals surface area (Å²) in [6, 6.07) is 6.08. The molecule has 2 aromatic rings. The maximum Gasteiger partial charge on any atom is 0.259 e. The zero-order valence-corrected chi connectivity index (χ0v) is 10.8. The van der Waals surface area contributed by atoms with E-state index in [-0.39, 0.29) is 5.91 Å². The topological polar surface area (TPSA) is 69.8 Å². The minimum atomic E-state index is -0.130. The van der Waals surface area contributed by atoms with Crippen molar-refractivity contribution < 1.29 is 4.79 Å². The molecule has 98 valence electrons. The third kappa shape index (κ3) is 2.37. The van der Waals surface area contributed by atoms with Crippen LogP contribution in [0.3, 0.4) is 0 Å². The van der Waals surface area contributed by atoms with Gasteiger partial charge in [-0.25, -0.2) is 0 Å². The van der Waals surface area contributed by atoms with Crippen molar-refractivity contribution in [3.63, 3.8) is 0 Å². The van der Waals surface area contributed by atoms with Crippen LogP contribution in [0.5, 0.6) is 0 Å². The fourth-order valence-corrected chi connectivity index (χ4v) is 2.34. The fourth-order valence-electron chi connectivity index (χ4n) is 2.34. The van der Waals surface area contributed by atoms with Crippen molar-refractivity contribution in [3.05, 3.63) is 46.8 Å². The van der Waals surface area contributed by atoms with E-state index in [4.69, 9.17) is 0 Å². The highest BCUT2D eigenvalue weighted by molar-refractivity contribution is 6.04. The Morgan fingerprint density at radius 2 is 2.26 bits per heavy atom. The van der Waals surface area contributed by atoms with Crippen molar-refractivity contribution >= 4 is 11.6 Å². The highest BCUT2D eigenvalue weighted by Gasteiger charge is 2.13. The van der Waals surface area contributed by atoms with Crippen molar-refractivity contribution in [2.75, 3.05) is 11.9 Å². The van der Waals surface area contributed by atoms with E-state index in [9.17, 15) is 4.79 Å². The molecule has 1 amide bonds. The number of nitrogens with zero attached hydrogens (tertiary/aromatic N) is 1. The van der Waals surface area contributed by atoms with Crippen LogP contribution in [0.15, 0.2) is 24.4 Å². The molecule has 0 atom stereocenters.